The minimum Gasteiger partial charge on any atom is -0.481 e. The van der Waals surface area contributed by atoms with Gasteiger partial charge in [-0.2, -0.15) is 0 Å². The summed E-state index contributed by atoms with van der Waals surface area (Å²) in [7, 11) is 0. The van der Waals surface area contributed by atoms with Gasteiger partial charge in [0.25, 0.3) is 11.8 Å². The van der Waals surface area contributed by atoms with Crippen molar-refractivity contribution < 1.29 is 33.9 Å². The number of rotatable bonds is 9. The molecule has 3 atom stereocenters. The molecule has 4 amide bonds. The van der Waals surface area contributed by atoms with E-state index in [1.54, 1.807) is 31.2 Å². The Morgan fingerprint density at radius 3 is 2.61 bits per heavy atom. The summed E-state index contributed by atoms with van der Waals surface area (Å²) >= 11 is 0. The molecule has 0 spiro atoms. The lowest BCUT2D eigenvalue weighted by Gasteiger charge is -2.43. The van der Waals surface area contributed by atoms with Crippen molar-refractivity contribution in [1.29, 1.82) is 0 Å². The number of aldehydes is 1. The Morgan fingerprint density at radius 1 is 1.22 bits per heavy atom. The van der Waals surface area contributed by atoms with Gasteiger partial charge in [0.2, 0.25) is 11.8 Å². The van der Waals surface area contributed by atoms with Gasteiger partial charge in [0.15, 0.2) is 0 Å². The predicted molar refractivity (Wildman–Crippen MR) is 127 cm³/mol. The highest BCUT2D eigenvalue weighted by atomic mass is 16.4. The minimum absolute atomic E-state index is 0.0246. The van der Waals surface area contributed by atoms with E-state index >= 15 is 0 Å². The third-order valence-electron chi connectivity index (χ3n) is 5.88. The molecule has 2 saturated heterocycles. The standard InChI is InChI=1S/C24H29N5O7/c1-14(2)25-17-7-4-3-6-16(17)22(34)27-18-9-10-20(31)28-11-5-8-19(29(28)24(18)36)23(35)26-15(13-30)12-21(32)33/h3-4,6-7,13,15,18-19,25H,1,5,8-12H2,2H3,(H,26,35)(H,27,34)(H,32,33)/t15-,18-,19-/m0/s1. The fraction of sp³-hybridized carbons (Fsp3) is 0.417. The number of carbonyl (C=O) groups is 6. The molecular formula is C24H29N5O7. The second kappa shape index (κ2) is 11.5. The summed E-state index contributed by atoms with van der Waals surface area (Å²) in [5, 5.41) is 19.2. The van der Waals surface area contributed by atoms with Crippen LogP contribution in [0, 0.1) is 0 Å². The first kappa shape index (κ1) is 26.4. The zero-order chi connectivity index (χ0) is 26.4. The van der Waals surface area contributed by atoms with Gasteiger partial charge in [-0.3, -0.25) is 29.0 Å². The van der Waals surface area contributed by atoms with Gasteiger partial charge in [0, 0.05) is 18.7 Å². The van der Waals surface area contributed by atoms with E-state index in [0.29, 0.717) is 24.1 Å². The monoisotopic (exact) mass is 499 g/mol. The number of hydrogen-bond acceptors (Lipinski definition) is 7. The fourth-order valence-electron chi connectivity index (χ4n) is 4.26. The molecule has 1 aromatic rings. The van der Waals surface area contributed by atoms with Crippen LogP contribution < -0.4 is 16.0 Å². The Bertz CT molecular complexity index is 1090. The molecule has 36 heavy (non-hydrogen) atoms. The van der Waals surface area contributed by atoms with E-state index in [-0.39, 0.29) is 37.3 Å². The maximum absolute atomic E-state index is 13.5. The first-order chi connectivity index (χ1) is 17.1. The van der Waals surface area contributed by atoms with Crippen molar-refractivity contribution in [2.45, 2.75) is 57.2 Å². The van der Waals surface area contributed by atoms with Gasteiger partial charge in [-0.1, -0.05) is 18.7 Å². The normalized spacial score (nSPS) is 20.5. The largest absolute Gasteiger partial charge is 0.481 e. The Morgan fingerprint density at radius 2 is 1.94 bits per heavy atom. The summed E-state index contributed by atoms with van der Waals surface area (Å²) in [5.74, 6) is -3.58. The maximum atomic E-state index is 13.5. The molecule has 0 radical (unpaired) electrons. The van der Waals surface area contributed by atoms with E-state index in [9.17, 15) is 28.8 Å². The van der Waals surface area contributed by atoms with Crippen molar-refractivity contribution in [3.8, 4) is 0 Å². The van der Waals surface area contributed by atoms with E-state index in [4.69, 9.17) is 5.11 Å². The Hall–Kier alpha value is -4.22. The summed E-state index contributed by atoms with van der Waals surface area (Å²) < 4.78 is 0. The van der Waals surface area contributed by atoms with Crippen LogP contribution in [-0.4, -0.2) is 75.7 Å². The lowest BCUT2D eigenvalue weighted by molar-refractivity contribution is -0.176. The van der Waals surface area contributed by atoms with Crippen molar-refractivity contribution in [3.63, 3.8) is 0 Å². The third kappa shape index (κ3) is 6.06. The number of amides is 4. The van der Waals surface area contributed by atoms with E-state index in [1.165, 1.54) is 5.01 Å². The number of carboxylic acid groups (broad SMARTS) is 1. The second-order valence-corrected chi connectivity index (χ2v) is 8.72. The van der Waals surface area contributed by atoms with Crippen LogP contribution in [0.2, 0.25) is 0 Å². The van der Waals surface area contributed by atoms with E-state index in [2.05, 4.69) is 22.5 Å². The number of nitrogens with one attached hydrogen (secondary N) is 3. The molecule has 192 valence electrons. The molecule has 0 bridgehead atoms. The van der Waals surface area contributed by atoms with Crippen molar-refractivity contribution in [1.82, 2.24) is 20.7 Å². The maximum Gasteiger partial charge on any atom is 0.305 e. The van der Waals surface area contributed by atoms with Gasteiger partial charge in [0.1, 0.15) is 18.4 Å². The molecule has 0 saturated carbocycles. The Kier molecular flexibility index (Phi) is 8.41. The third-order valence-corrected chi connectivity index (χ3v) is 5.88. The average Bonchev–Trinajstić information content (AvgIpc) is 2.95. The quantitative estimate of drug-likeness (QED) is 0.355. The van der Waals surface area contributed by atoms with Crippen LogP contribution in [0.1, 0.15) is 49.4 Å². The van der Waals surface area contributed by atoms with Crippen LogP contribution in [0.15, 0.2) is 36.5 Å². The van der Waals surface area contributed by atoms with Gasteiger partial charge in [0.05, 0.1) is 23.7 Å². The SMILES string of the molecule is C=C(C)Nc1ccccc1C(=O)N[C@H]1CCC(=O)N2CCC[C@@H](C(=O)N[C@H](C=O)CC(=O)O)N2C1=O. The van der Waals surface area contributed by atoms with Gasteiger partial charge >= 0.3 is 5.97 Å². The molecular weight excluding hydrogens is 470 g/mol. The molecule has 2 heterocycles. The molecule has 0 aliphatic carbocycles. The summed E-state index contributed by atoms with van der Waals surface area (Å²) in [4.78, 5) is 74.6. The zero-order valence-corrected chi connectivity index (χ0v) is 19.9. The molecule has 12 heteroatoms. The highest BCUT2D eigenvalue weighted by Crippen LogP contribution is 2.26. The van der Waals surface area contributed by atoms with Crippen molar-refractivity contribution in [3.05, 3.63) is 42.1 Å². The molecule has 1 aromatic carbocycles. The number of fused-ring (bicyclic) bond motifs is 1. The van der Waals surface area contributed by atoms with Gasteiger partial charge in [-0.15, -0.1) is 0 Å². The molecule has 2 aliphatic rings. The zero-order valence-electron chi connectivity index (χ0n) is 19.9. The van der Waals surface area contributed by atoms with Crippen LogP contribution in [0.25, 0.3) is 0 Å². The number of para-hydroxylation sites is 1. The summed E-state index contributed by atoms with van der Waals surface area (Å²) in [6.45, 7) is 5.72. The number of carboxylic acids is 1. The van der Waals surface area contributed by atoms with E-state index < -0.39 is 48.2 Å². The van der Waals surface area contributed by atoms with Gasteiger partial charge in [-0.25, -0.2) is 5.01 Å². The molecule has 2 aliphatic heterocycles. The van der Waals surface area contributed by atoms with Crippen LogP contribution >= 0.6 is 0 Å². The molecule has 0 unspecified atom stereocenters. The number of anilines is 1. The van der Waals surface area contributed by atoms with Crippen LogP contribution in [0.5, 0.6) is 0 Å². The second-order valence-electron chi connectivity index (χ2n) is 8.72. The van der Waals surface area contributed by atoms with Gasteiger partial charge < -0.3 is 25.9 Å². The van der Waals surface area contributed by atoms with Gasteiger partial charge in [-0.05, 0) is 38.3 Å². The number of allylic oxidation sites excluding steroid dienone is 1. The first-order valence-electron chi connectivity index (χ1n) is 11.6. The van der Waals surface area contributed by atoms with Crippen LogP contribution in [0.3, 0.4) is 0 Å². The summed E-state index contributed by atoms with van der Waals surface area (Å²) in [5.41, 5.74) is 1.38. The van der Waals surface area contributed by atoms with Crippen molar-refractivity contribution in [2.75, 3.05) is 11.9 Å². The topological polar surface area (TPSA) is 165 Å². The Labute approximate surface area is 207 Å². The van der Waals surface area contributed by atoms with E-state index in [0.717, 1.165) is 5.01 Å². The lowest BCUT2D eigenvalue weighted by Crippen LogP contribution is -2.64. The van der Waals surface area contributed by atoms with E-state index in [1.807, 2.05) is 0 Å². The number of aliphatic carboxylic acids is 1. The Balaban J connectivity index is 1.83. The van der Waals surface area contributed by atoms with Crippen molar-refractivity contribution in [2.24, 2.45) is 0 Å². The number of hydrazine groups is 1. The molecule has 3 rings (SSSR count). The average molecular weight is 500 g/mol. The summed E-state index contributed by atoms with van der Waals surface area (Å²) in [6.07, 6.45) is 0.331. The predicted octanol–water partition coefficient (Wildman–Crippen LogP) is 0.417. The number of carbonyl (C=O) groups excluding carboxylic acids is 5. The molecule has 12 nitrogen and oxygen atoms in total. The smallest absolute Gasteiger partial charge is 0.305 e. The minimum atomic E-state index is -1.28. The first-order valence-corrected chi connectivity index (χ1v) is 11.6. The fourth-order valence-corrected chi connectivity index (χ4v) is 4.26. The highest BCUT2D eigenvalue weighted by molar-refractivity contribution is 6.03. The van der Waals surface area contributed by atoms with Crippen LogP contribution in [0.4, 0.5) is 5.69 Å². The molecule has 4 N–H and O–H groups in total. The number of nitrogens with zero attached hydrogens (tertiary/aromatic N) is 2. The number of benzene rings is 1. The van der Waals surface area contributed by atoms with Crippen LogP contribution in [-0.2, 0) is 24.0 Å². The van der Waals surface area contributed by atoms with Crippen molar-refractivity contribution >= 4 is 41.6 Å². The highest BCUT2D eigenvalue weighted by Gasteiger charge is 2.45. The lowest BCUT2D eigenvalue weighted by atomic mass is 10.0. The molecule has 2 fully saturated rings. The molecule has 0 aromatic heterocycles. The summed E-state index contributed by atoms with van der Waals surface area (Å²) in [6, 6.07) is 3.18. The number of hydrogen-bond donors (Lipinski definition) is 4.